The van der Waals surface area contributed by atoms with Crippen LogP contribution in [0.3, 0.4) is 0 Å². The molecule has 0 radical (unpaired) electrons. The molecule has 0 saturated heterocycles. The number of hydrogen-bond donors (Lipinski definition) is 4. The molecule has 0 spiro atoms. The van der Waals surface area contributed by atoms with Gasteiger partial charge in [0.25, 0.3) is 0 Å². The third kappa shape index (κ3) is 41.3. The number of ether oxygens (including phenoxy) is 2. The van der Waals surface area contributed by atoms with E-state index in [0.29, 0.717) is 12.8 Å². The van der Waals surface area contributed by atoms with Gasteiger partial charge in [0.1, 0.15) is 6.61 Å². The average Bonchev–Trinajstić information content (AvgIpc) is 3.22. The quantitative estimate of drug-likeness (QED) is 0.0199. The molecule has 11 nitrogen and oxygen atoms in total. The van der Waals surface area contributed by atoms with Crippen molar-refractivity contribution in [3.8, 4) is 0 Å². The van der Waals surface area contributed by atoms with Gasteiger partial charge in [0.15, 0.2) is 6.10 Å². The Bertz CT molecular complexity index is 1100. The first-order valence-electron chi connectivity index (χ1n) is 23.6. The molecule has 4 atom stereocenters. The molecule has 0 aliphatic heterocycles. The van der Waals surface area contributed by atoms with Gasteiger partial charge < -0.3 is 30.3 Å². The second kappa shape index (κ2) is 42.8. The molecule has 3 unspecified atom stereocenters. The van der Waals surface area contributed by atoms with Crippen LogP contribution in [0.25, 0.3) is 0 Å². The summed E-state index contributed by atoms with van der Waals surface area (Å²) in [6, 6.07) is 0. The first-order valence-corrected chi connectivity index (χ1v) is 25.1. The van der Waals surface area contributed by atoms with E-state index in [4.69, 9.17) is 24.3 Å². The second-order valence-electron chi connectivity index (χ2n) is 15.9. The number of carbonyl (C=O) groups is 2. The maximum Gasteiger partial charge on any atom is 0.472 e. The Morgan fingerprint density at radius 3 is 1.59 bits per heavy atom. The molecule has 0 amide bonds. The zero-order valence-electron chi connectivity index (χ0n) is 37.5. The van der Waals surface area contributed by atoms with E-state index in [-0.39, 0.29) is 45.4 Å². The lowest BCUT2D eigenvalue weighted by atomic mass is 10.0. The number of hydrogen-bond acceptors (Lipinski definition) is 10. The first-order chi connectivity index (χ1) is 28.6. The van der Waals surface area contributed by atoms with Crippen LogP contribution in [0.1, 0.15) is 206 Å². The van der Waals surface area contributed by atoms with Crippen LogP contribution >= 0.6 is 7.82 Å². The molecule has 0 aliphatic rings. The highest BCUT2D eigenvalue weighted by Gasteiger charge is 2.26. The number of carbonyl (C=O) groups excluding carboxylic acids is 2. The lowest BCUT2D eigenvalue weighted by Gasteiger charge is -2.20. The van der Waals surface area contributed by atoms with E-state index in [2.05, 4.69) is 38.2 Å². The van der Waals surface area contributed by atoms with Crippen molar-refractivity contribution in [2.24, 2.45) is 5.73 Å². The Kier molecular flexibility index (Phi) is 41.5. The lowest BCUT2D eigenvalue weighted by molar-refractivity contribution is -0.161. The fourth-order valence-electron chi connectivity index (χ4n) is 6.56. The monoisotopic (exact) mass is 858 g/mol. The molecule has 0 fully saturated rings. The average molecular weight is 858 g/mol. The number of phosphoric acid groups is 1. The van der Waals surface area contributed by atoms with Crippen LogP contribution in [-0.2, 0) is 32.7 Å². The summed E-state index contributed by atoms with van der Waals surface area (Å²) in [5, 5.41) is 20.7. The van der Waals surface area contributed by atoms with E-state index >= 15 is 0 Å². The molecule has 0 aromatic rings. The van der Waals surface area contributed by atoms with Crippen LogP contribution in [0.2, 0.25) is 0 Å². The number of aliphatic hydroxyl groups is 2. The Morgan fingerprint density at radius 2 is 1.05 bits per heavy atom. The van der Waals surface area contributed by atoms with Crippen molar-refractivity contribution in [2.45, 2.75) is 225 Å². The lowest BCUT2D eigenvalue weighted by Crippen LogP contribution is -2.30. The molecule has 0 aromatic heterocycles. The molecule has 5 N–H and O–H groups in total. The van der Waals surface area contributed by atoms with E-state index < -0.39 is 44.7 Å². The fourth-order valence-corrected chi connectivity index (χ4v) is 7.33. The first kappa shape index (κ1) is 57.1. The SMILES string of the molecule is CCCCC/C=C\C/C=C\C/C=C\CC(O)C(O)CCCC(=O)OC[C@H](COP(=O)(O)OCCN)OC(=O)CCCCCCCCCCCCCCCCCCCCC. The van der Waals surface area contributed by atoms with E-state index in [0.717, 1.165) is 38.5 Å². The second-order valence-corrected chi connectivity index (χ2v) is 17.4. The summed E-state index contributed by atoms with van der Waals surface area (Å²) in [4.78, 5) is 35.0. The molecule has 0 rings (SSSR count). The number of allylic oxidation sites excluding steroid dienone is 5. The predicted molar refractivity (Wildman–Crippen MR) is 241 cm³/mol. The van der Waals surface area contributed by atoms with Crippen molar-refractivity contribution in [3.63, 3.8) is 0 Å². The summed E-state index contributed by atoms with van der Waals surface area (Å²) >= 11 is 0. The number of nitrogens with two attached hydrogens (primary N) is 1. The Balaban J connectivity index is 4.30. The number of esters is 2. The summed E-state index contributed by atoms with van der Waals surface area (Å²) < 4.78 is 32.7. The van der Waals surface area contributed by atoms with Gasteiger partial charge in [0.2, 0.25) is 0 Å². The summed E-state index contributed by atoms with van der Waals surface area (Å²) in [5.41, 5.74) is 5.34. The van der Waals surface area contributed by atoms with E-state index in [1.54, 1.807) is 0 Å². The molecular formula is C47H88NO10P. The van der Waals surface area contributed by atoms with Crippen LogP contribution in [-0.4, -0.2) is 71.7 Å². The van der Waals surface area contributed by atoms with Crippen LogP contribution in [0.4, 0.5) is 0 Å². The topological polar surface area (TPSA) is 175 Å². The van der Waals surface area contributed by atoms with Gasteiger partial charge >= 0.3 is 19.8 Å². The molecule has 346 valence electrons. The molecular weight excluding hydrogens is 769 g/mol. The van der Waals surface area contributed by atoms with E-state index in [1.807, 2.05) is 12.2 Å². The number of phosphoric ester groups is 1. The van der Waals surface area contributed by atoms with Crippen molar-refractivity contribution in [2.75, 3.05) is 26.4 Å². The number of aliphatic hydroxyl groups excluding tert-OH is 2. The zero-order chi connectivity index (χ0) is 43.5. The normalized spacial score (nSPS) is 14.6. The molecule has 0 saturated carbocycles. The van der Waals surface area contributed by atoms with E-state index in [9.17, 15) is 29.3 Å². The third-order valence-electron chi connectivity index (χ3n) is 10.2. The Labute approximate surface area is 360 Å². The van der Waals surface area contributed by atoms with Crippen molar-refractivity contribution < 1.29 is 47.8 Å². The van der Waals surface area contributed by atoms with Crippen molar-refractivity contribution >= 4 is 19.8 Å². The van der Waals surface area contributed by atoms with Gasteiger partial charge in [-0.15, -0.1) is 0 Å². The third-order valence-corrected chi connectivity index (χ3v) is 11.2. The van der Waals surface area contributed by atoms with Crippen molar-refractivity contribution in [3.05, 3.63) is 36.5 Å². The van der Waals surface area contributed by atoms with Gasteiger partial charge in [-0.05, 0) is 51.4 Å². The van der Waals surface area contributed by atoms with Crippen LogP contribution in [0.15, 0.2) is 36.5 Å². The fraction of sp³-hybridized carbons (Fsp3) is 0.830. The highest BCUT2D eigenvalue weighted by molar-refractivity contribution is 7.47. The maximum absolute atomic E-state index is 12.6. The minimum Gasteiger partial charge on any atom is -0.462 e. The van der Waals surface area contributed by atoms with Crippen molar-refractivity contribution in [1.29, 1.82) is 0 Å². The van der Waals surface area contributed by atoms with Crippen LogP contribution in [0.5, 0.6) is 0 Å². The Hall–Kier alpha value is -1.85. The van der Waals surface area contributed by atoms with E-state index in [1.165, 1.54) is 116 Å². The highest BCUT2D eigenvalue weighted by atomic mass is 31.2. The van der Waals surface area contributed by atoms with Crippen LogP contribution < -0.4 is 5.73 Å². The molecule has 59 heavy (non-hydrogen) atoms. The van der Waals surface area contributed by atoms with Crippen molar-refractivity contribution in [1.82, 2.24) is 0 Å². The molecule has 0 heterocycles. The van der Waals surface area contributed by atoms with Gasteiger partial charge in [-0.1, -0.05) is 179 Å². The minimum atomic E-state index is -4.45. The van der Waals surface area contributed by atoms with Gasteiger partial charge in [0, 0.05) is 19.4 Å². The van der Waals surface area contributed by atoms with Gasteiger partial charge in [-0.2, -0.15) is 0 Å². The van der Waals surface area contributed by atoms with Gasteiger partial charge in [-0.3, -0.25) is 18.6 Å². The number of rotatable bonds is 44. The summed E-state index contributed by atoms with van der Waals surface area (Å²) in [5.74, 6) is -1.11. The predicted octanol–water partition coefficient (Wildman–Crippen LogP) is 11.7. The molecule has 0 aromatic carbocycles. The summed E-state index contributed by atoms with van der Waals surface area (Å²) in [7, 11) is -4.45. The zero-order valence-corrected chi connectivity index (χ0v) is 38.4. The summed E-state index contributed by atoms with van der Waals surface area (Å²) in [6.07, 6.45) is 40.6. The largest absolute Gasteiger partial charge is 0.472 e. The van der Waals surface area contributed by atoms with Gasteiger partial charge in [0.05, 0.1) is 25.4 Å². The van der Waals surface area contributed by atoms with Gasteiger partial charge in [-0.25, -0.2) is 4.57 Å². The van der Waals surface area contributed by atoms with Crippen LogP contribution in [0, 0.1) is 0 Å². The maximum atomic E-state index is 12.6. The molecule has 0 aliphatic carbocycles. The molecule has 0 bridgehead atoms. The summed E-state index contributed by atoms with van der Waals surface area (Å²) in [6.45, 7) is 3.40. The number of unbranched alkanes of at least 4 members (excludes halogenated alkanes) is 21. The standard InChI is InChI=1S/C47H88NO10P/c1-3-5-7-9-11-13-15-17-18-19-20-21-22-23-25-27-29-31-33-37-47(52)58-43(42-57-59(53,54)56-40-39-48)41-55-46(51)38-34-36-45(50)44(49)35-32-30-28-26-24-16-14-12-10-8-6-4-2/h12,14,24,26,30,32,43-45,49-50H,3-11,13,15-23,25,27-29,31,33-42,48H2,1-2H3,(H,53,54)/b14-12-,26-24-,32-30-/t43-,44?,45?/m1/s1. The minimum absolute atomic E-state index is 0.0149. The highest BCUT2D eigenvalue weighted by Crippen LogP contribution is 2.43. The smallest absolute Gasteiger partial charge is 0.462 e. The Morgan fingerprint density at radius 1 is 0.576 bits per heavy atom. The molecule has 12 heteroatoms.